The van der Waals surface area contributed by atoms with E-state index in [0.717, 1.165) is 17.7 Å². The van der Waals surface area contributed by atoms with Crippen LogP contribution < -0.4 is 0 Å². The Balaban J connectivity index is 2.05. The summed E-state index contributed by atoms with van der Waals surface area (Å²) in [7, 11) is 1.95. The Bertz CT molecular complexity index is 590. The van der Waals surface area contributed by atoms with Crippen molar-refractivity contribution in [3.63, 3.8) is 0 Å². The van der Waals surface area contributed by atoms with Crippen LogP contribution >= 0.6 is 0 Å². The van der Waals surface area contributed by atoms with Crippen molar-refractivity contribution >= 4 is 0 Å². The van der Waals surface area contributed by atoms with E-state index in [4.69, 9.17) is 5.26 Å². The summed E-state index contributed by atoms with van der Waals surface area (Å²) in [5, 5.41) is 8.82. The first kappa shape index (κ1) is 13.2. The van der Waals surface area contributed by atoms with Crippen molar-refractivity contribution in [2.24, 2.45) is 0 Å². The maximum absolute atomic E-state index is 13.3. The van der Waals surface area contributed by atoms with Crippen LogP contribution in [0.15, 0.2) is 42.7 Å². The monoisotopic (exact) mass is 255 g/mol. The van der Waals surface area contributed by atoms with E-state index in [1.807, 2.05) is 36.3 Å². The molecule has 4 heteroatoms. The zero-order chi connectivity index (χ0) is 13.7. The van der Waals surface area contributed by atoms with E-state index in [1.165, 1.54) is 12.1 Å². The molecule has 2 rings (SSSR count). The van der Waals surface area contributed by atoms with Gasteiger partial charge in [0.15, 0.2) is 0 Å². The van der Waals surface area contributed by atoms with Crippen LogP contribution in [0, 0.1) is 17.1 Å². The van der Waals surface area contributed by atoms with Crippen molar-refractivity contribution < 1.29 is 4.39 Å². The van der Waals surface area contributed by atoms with E-state index in [-0.39, 0.29) is 5.82 Å². The smallest absolute Gasteiger partial charge is 0.124 e. The average molecular weight is 255 g/mol. The molecule has 0 atom stereocenters. The van der Waals surface area contributed by atoms with Crippen molar-refractivity contribution in [1.82, 2.24) is 9.88 Å². The van der Waals surface area contributed by atoms with Crippen LogP contribution in [0.1, 0.15) is 16.7 Å². The number of halogens is 1. The van der Waals surface area contributed by atoms with Crippen molar-refractivity contribution in [3.05, 3.63) is 65.2 Å². The van der Waals surface area contributed by atoms with Gasteiger partial charge in [-0.25, -0.2) is 4.39 Å². The standard InChI is InChI=1S/C15H14FN3/c1-19(10-12-3-2-4-18-9-12)11-14-5-13(8-17)6-15(16)7-14/h2-7,9H,10-11H2,1H3. The van der Waals surface area contributed by atoms with Crippen molar-refractivity contribution in [2.75, 3.05) is 7.05 Å². The van der Waals surface area contributed by atoms with Crippen LogP contribution in [0.25, 0.3) is 0 Å². The van der Waals surface area contributed by atoms with Gasteiger partial charge in [-0.1, -0.05) is 6.07 Å². The lowest BCUT2D eigenvalue weighted by Crippen LogP contribution is -2.17. The molecule has 19 heavy (non-hydrogen) atoms. The number of hydrogen-bond donors (Lipinski definition) is 0. The highest BCUT2D eigenvalue weighted by Crippen LogP contribution is 2.12. The maximum atomic E-state index is 13.3. The molecule has 0 saturated carbocycles. The highest BCUT2D eigenvalue weighted by atomic mass is 19.1. The van der Waals surface area contributed by atoms with Gasteiger partial charge < -0.3 is 0 Å². The molecule has 2 aromatic rings. The Hall–Kier alpha value is -2.25. The second-order valence-corrected chi connectivity index (χ2v) is 4.49. The van der Waals surface area contributed by atoms with E-state index in [2.05, 4.69) is 4.98 Å². The van der Waals surface area contributed by atoms with Crippen molar-refractivity contribution in [2.45, 2.75) is 13.1 Å². The number of aromatic nitrogens is 1. The molecule has 0 aliphatic heterocycles. The topological polar surface area (TPSA) is 39.9 Å². The largest absolute Gasteiger partial charge is 0.298 e. The number of rotatable bonds is 4. The molecule has 0 N–H and O–H groups in total. The predicted octanol–water partition coefficient (Wildman–Crippen LogP) is 2.72. The third-order valence-corrected chi connectivity index (χ3v) is 2.71. The van der Waals surface area contributed by atoms with Crippen LogP contribution in [0.2, 0.25) is 0 Å². The number of nitriles is 1. The second-order valence-electron chi connectivity index (χ2n) is 4.49. The molecule has 0 spiro atoms. The fourth-order valence-electron chi connectivity index (χ4n) is 1.98. The lowest BCUT2D eigenvalue weighted by molar-refractivity contribution is 0.318. The maximum Gasteiger partial charge on any atom is 0.124 e. The lowest BCUT2D eigenvalue weighted by atomic mass is 10.1. The van der Waals surface area contributed by atoms with Crippen LogP contribution in [0.4, 0.5) is 4.39 Å². The van der Waals surface area contributed by atoms with Crippen molar-refractivity contribution in [1.29, 1.82) is 5.26 Å². The minimum absolute atomic E-state index is 0.352. The highest BCUT2D eigenvalue weighted by molar-refractivity contribution is 5.33. The Morgan fingerprint density at radius 1 is 1.26 bits per heavy atom. The first-order valence-electron chi connectivity index (χ1n) is 5.94. The first-order chi connectivity index (χ1) is 9.17. The normalized spacial score (nSPS) is 10.4. The summed E-state index contributed by atoms with van der Waals surface area (Å²) in [6, 6.07) is 10.3. The van der Waals surface area contributed by atoms with Gasteiger partial charge >= 0.3 is 0 Å². The zero-order valence-corrected chi connectivity index (χ0v) is 10.7. The van der Waals surface area contributed by atoms with Gasteiger partial charge in [-0.05, 0) is 42.4 Å². The molecule has 0 aliphatic rings. The van der Waals surface area contributed by atoms with E-state index in [0.29, 0.717) is 12.1 Å². The van der Waals surface area contributed by atoms with Crippen LogP contribution in [-0.4, -0.2) is 16.9 Å². The van der Waals surface area contributed by atoms with E-state index in [1.54, 1.807) is 12.3 Å². The molecule has 0 fully saturated rings. The molecule has 1 aromatic heterocycles. The van der Waals surface area contributed by atoms with Gasteiger partial charge in [0.05, 0.1) is 11.6 Å². The third-order valence-electron chi connectivity index (χ3n) is 2.71. The molecule has 1 aromatic carbocycles. The molecule has 0 radical (unpaired) electrons. The average Bonchev–Trinajstić information content (AvgIpc) is 2.38. The number of hydrogen-bond acceptors (Lipinski definition) is 3. The number of nitrogens with zero attached hydrogens (tertiary/aromatic N) is 3. The molecule has 0 saturated heterocycles. The van der Waals surface area contributed by atoms with Gasteiger partial charge in [0, 0.05) is 25.5 Å². The highest BCUT2D eigenvalue weighted by Gasteiger charge is 2.05. The van der Waals surface area contributed by atoms with Crippen LogP contribution in [0.3, 0.4) is 0 Å². The Labute approximate surface area is 111 Å². The summed E-state index contributed by atoms with van der Waals surface area (Å²) in [4.78, 5) is 6.11. The fourth-order valence-corrected chi connectivity index (χ4v) is 1.98. The second kappa shape index (κ2) is 6.07. The van der Waals surface area contributed by atoms with Gasteiger partial charge in [-0.3, -0.25) is 9.88 Å². The van der Waals surface area contributed by atoms with Gasteiger partial charge in [0.2, 0.25) is 0 Å². The lowest BCUT2D eigenvalue weighted by Gasteiger charge is -2.16. The van der Waals surface area contributed by atoms with E-state index in [9.17, 15) is 4.39 Å². The minimum Gasteiger partial charge on any atom is -0.298 e. The van der Waals surface area contributed by atoms with Gasteiger partial charge in [0.1, 0.15) is 5.82 Å². The summed E-state index contributed by atoms with van der Waals surface area (Å²) in [6.45, 7) is 1.31. The van der Waals surface area contributed by atoms with Gasteiger partial charge in [-0.2, -0.15) is 5.26 Å². The summed E-state index contributed by atoms with van der Waals surface area (Å²) >= 11 is 0. The molecule has 0 aliphatic carbocycles. The summed E-state index contributed by atoms with van der Waals surface area (Å²) in [5.74, 6) is -0.371. The zero-order valence-electron chi connectivity index (χ0n) is 10.7. The number of pyridine rings is 1. The SMILES string of the molecule is CN(Cc1cccnc1)Cc1cc(F)cc(C#N)c1. The first-order valence-corrected chi connectivity index (χ1v) is 5.94. The molecule has 0 unspecified atom stereocenters. The quantitative estimate of drug-likeness (QED) is 0.843. The summed E-state index contributed by atoms with van der Waals surface area (Å²) in [6.07, 6.45) is 3.54. The summed E-state index contributed by atoms with van der Waals surface area (Å²) < 4.78 is 13.3. The predicted molar refractivity (Wildman–Crippen MR) is 70.5 cm³/mol. The molecule has 0 amide bonds. The Morgan fingerprint density at radius 3 is 2.74 bits per heavy atom. The third kappa shape index (κ3) is 3.87. The van der Waals surface area contributed by atoms with Crippen molar-refractivity contribution in [3.8, 4) is 6.07 Å². The Morgan fingerprint density at radius 2 is 2.05 bits per heavy atom. The Kier molecular flexibility index (Phi) is 4.22. The molecular formula is C15H14FN3. The minimum atomic E-state index is -0.371. The molecular weight excluding hydrogens is 241 g/mol. The molecule has 1 heterocycles. The van der Waals surface area contributed by atoms with Gasteiger partial charge in [-0.15, -0.1) is 0 Å². The van der Waals surface area contributed by atoms with E-state index < -0.39 is 0 Å². The molecule has 0 bridgehead atoms. The molecule has 96 valence electrons. The van der Waals surface area contributed by atoms with E-state index >= 15 is 0 Å². The fraction of sp³-hybridized carbons (Fsp3) is 0.200. The van der Waals surface area contributed by atoms with Gasteiger partial charge in [0.25, 0.3) is 0 Å². The van der Waals surface area contributed by atoms with Crippen LogP contribution in [-0.2, 0) is 13.1 Å². The number of benzene rings is 1. The van der Waals surface area contributed by atoms with Crippen LogP contribution in [0.5, 0.6) is 0 Å². The summed E-state index contributed by atoms with van der Waals surface area (Å²) in [5.41, 5.74) is 2.25. The molecule has 3 nitrogen and oxygen atoms in total.